The Morgan fingerprint density at radius 3 is 1.84 bits per heavy atom. The van der Waals surface area contributed by atoms with Gasteiger partial charge in [0.2, 0.25) is 0 Å². The number of hydrogen-bond acceptors (Lipinski definition) is 2. The molecule has 57 heavy (non-hydrogen) atoms. The molecule has 1 aromatic heterocycles. The summed E-state index contributed by atoms with van der Waals surface area (Å²) in [5.41, 5.74) is 18.2. The van der Waals surface area contributed by atoms with E-state index in [1.54, 1.807) is 0 Å². The van der Waals surface area contributed by atoms with E-state index in [1.165, 1.54) is 82.4 Å². The van der Waals surface area contributed by atoms with Gasteiger partial charge in [-0.25, -0.2) is 0 Å². The lowest BCUT2D eigenvalue weighted by Crippen LogP contribution is -2.68. The fourth-order valence-electron chi connectivity index (χ4n) is 10.3. The molecule has 0 saturated carbocycles. The van der Waals surface area contributed by atoms with Crippen molar-refractivity contribution in [3.8, 4) is 16.8 Å². The van der Waals surface area contributed by atoms with Gasteiger partial charge in [-0.15, -0.1) is 0 Å². The van der Waals surface area contributed by atoms with Gasteiger partial charge >= 0.3 is 6.85 Å². The standard InChI is InChI=1S/C52H48BN3Si/c1-51(2,3)33-26-27-43-39(28-33)41-29-34(52(4,5)6)30-42-49(41)55(43)45-32-37(54(35-18-11-9-12-19-35)36-20-13-10-14-21-36)31-40-38-22-17-25-47-50(38)56(53(42)48(40)45)44-23-15-16-24-46(44)57(47,7)8/h9-32H,1-8H3. The molecule has 0 spiro atoms. The van der Waals surface area contributed by atoms with Crippen LogP contribution >= 0.6 is 0 Å². The summed E-state index contributed by atoms with van der Waals surface area (Å²) in [5, 5.41) is 5.71. The zero-order chi connectivity index (χ0) is 39.2. The number of aromatic nitrogens is 1. The van der Waals surface area contributed by atoms with E-state index >= 15 is 0 Å². The van der Waals surface area contributed by atoms with Crippen molar-refractivity contribution in [3.05, 3.63) is 157 Å². The number of rotatable bonds is 3. The van der Waals surface area contributed by atoms with Crippen LogP contribution in [-0.4, -0.2) is 19.5 Å². The van der Waals surface area contributed by atoms with E-state index in [4.69, 9.17) is 0 Å². The first-order valence-corrected chi connectivity index (χ1v) is 23.6. The molecule has 0 unspecified atom stereocenters. The van der Waals surface area contributed by atoms with Crippen LogP contribution in [-0.2, 0) is 10.8 Å². The third-order valence-electron chi connectivity index (χ3n) is 13.2. The number of anilines is 5. The molecule has 278 valence electrons. The quantitative estimate of drug-likeness (QED) is 0.167. The van der Waals surface area contributed by atoms with Crippen LogP contribution in [0, 0.1) is 0 Å². The minimum atomic E-state index is -2.07. The van der Waals surface area contributed by atoms with Gasteiger partial charge in [-0.1, -0.05) is 140 Å². The van der Waals surface area contributed by atoms with Gasteiger partial charge in [0, 0.05) is 50.5 Å². The van der Waals surface area contributed by atoms with Crippen LogP contribution in [0.25, 0.3) is 38.6 Å². The summed E-state index contributed by atoms with van der Waals surface area (Å²) in [6.07, 6.45) is 0. The maximum absolute atomic E-state index is 2.76. The van der Waals surface area contributed by atoms with Gasteiger partial charge < -0.3 is 14.3 Å². The maximum Gasteiger partial charge on any atom is 0.333 e. The summed E-state index contributed by atoms with van der Waals surface area (Å²) in [4.78, 5) is 5.21. The van der Waals surface area contributed by atoms with Crippen molar-refractivity contribution in [1.29, 1.82) is 0 Å². The number of para-hydroxylation sites is 4. The molecule has 0 N–H and O–H groups in total. The van der Waals surface area contributed by atoms with Crippen molar-refractivity contribution < 1.29 is 0 Å². The van der Waals surface area contributed by atoms with E-state index in [-0.39, 0.29) is 17.7 Å². The van der Waals surface area contributed by atoms with E-state index in [0.29, 0.717) is 0 Å². The van der Waals surface area contributed by atoms with E-state index in [2.05, 4.69) is 215 Å². The third-order valence-corrected chi connectivity index (χ3v) is 16.7. The molecule has 4 heterocycles. The molecule has 8 aromatic rings. The summed E-state index contributed by atoms with van der Waals surface area (Å²) in [6.45, 7) is 19.2. The fourth-order valence-corrected chi connectivity index (χ4v) is 13.3. The Bertz CT molecular complexity index is 2930. The number of hydrogen-bond donors (Lipinski definition) is 0. The minimum absolute atomic E-state index is 0.00505. The first kappa shape index (κ1) is 34.5. The Balaban J connectivity index is 1.34. The van der Waals surface area contributed by atoms with Crippen LogP contribution in [0.1, 0.15) is 52.7 Å². The van der Waals surface area contributed by atoms with Crippen molar-refractivity contribution in [1.82, 2.24) is 4.57 Å². The Morgan fingerprint density at radius 2 is 1.16 bits per heavy atom. The van der Waals surface area contributed by atoms with Gasteiger partial charge in [0.25, 0.3) is 0 Å². The molecule has 3 nitrogen and oxygen atoms in total. The van der Waals surface area contributed by atoms with Gasteiger partial charge in [0.15, 0.2) is 0 Å². The Labute approximate surface area is 338 Å². The van der Waals surface area contributed by atoms with Gasteiger partial charge in [0.1, 0.15) is 8.07 Å². The highest BCUT2D eigenvalue weighted by molar-refractivity contribution is 7.05. The van der Waals surface area contributed by atoms with Crippen LogP contribution in [0.3, 0.4) is 0 Å². The highest BCUT2D eigenvalue weighted by Crippen LogP contribution is 2.49. The second-order valence-electron chi connectivity index (χ2n) is 19.1. The maximum atomic E-state index is 2.76. The predicted molar refractivity (Wildman–Crippen MR) is 249 cm³/mol. The SMILES string of the molecule is CC(C)(C)c1ccc2c(c1)c1cc(C(C)(C)C)cc3c1n2-c1cc(N(c2ccccc2)c2ccccc2)cc2c1B3N1c3ccccc3[Si](C)(C)c3cccc-2c31. The zero-order valence-corrected chi connectivity index (χ0v) is 35.3. The molecular weight excluding hydrogens is 705 g/mol. The molecule has 5 heteroatoms. The van der Waals surface area contributed by atoms with Crippen LogP contribution in [0.2, 0.25) is 13.1 Å². The third kappa shape index (κ3) is 4.79. The first-order valence-electron chi connectivity index (χ1n) is 20.6. The smallest absolute Gasteiger partial charge is 0.333 e. The van der Waals surface area contributed by atoms with Crippen molar-refractivity contribution >= 4 is 86.5 Å². The lowest BCUT2D eigenvalue weighted by molar-refractivity contribution is 0.590. The molecule has 3 aliphatic rings. The van der Waals surface area contributed by atoms with Crippen molar-refractivity contribution in [2.24, 2.45) is 0 Å². The largest absolute Gasteiger partial charge is 0.377 e. The molecule has 0 bridgehead atoms. The predicted octanol–water partition coefficient (Wildman–Crippen LogP) is 11.2. The van der Waals surface area contributed by atoms with Crippen LogP contribution in [0.4, 0.5) is 28.4 Å². The lowest BCUT2D eigenvalue weighted by Gasteiger charge is -2.49. The second kappa shape index (κ2) is 11.6. The lowest BCUT2D eigenvalue weighted by atomic mass is 9.43. The molecular formula is C52H48BN3Si. The van der Waals surface area contributed by atoms with Crippen LogP contribution in [0.15, 0.2) is 146 Å². The Hall–Kier alpha value is -5.78. The molecule has 0 saturated heterocycles. The number of benzene rings is 7. The molecule has 0 amide bonds. The molecule has 0 atom stereocenters. The average molecular weight is 754 g/mol. The van der Waals surface area contributed by atoms with Gasteiger partial charge in [-0.05, 0) is 109 Å². The topological polar surface area (TPSA) is 11.4 Å². The van der Waals surface area contributed by atoms with E-state index < -0.39 is 8.07 Å². The van der Waals surface area contributed by atoms with Crippen molar-refractivity contribution in [2.45, 2.75) is 65.5 Å². The summed E-state index contributed by atoms with van der Waals surface area (Å²) < 4.78 is 2.63. The molecule has 11 rings (SSSR count). The van der Waals surface area contributed by atoms with Crippen LogP contribution in [0.5, 0.6) is 0 Å². The molecule has 3 aliphatic heterocycles. The fraction of sp³-hybridized carbons (Fsp3) is 0.192. The Kier molecular flexibility index (Phi) is 7.04. The van der Waals surface area contributed by atoms with E-state index in [1.807, 2.05) is 0 Å². The summed E-state index contributed by atoms with van der Waals surface area (Å²) in [6, 6.07) is 55.6. The molecule has 0 radical (unpaired) electrons. The monoisotopic (exact) mass is 753 g/mol. The average Bonchev–Trinajstić information content (AvgIpc) is 3.53. The number of nitrogens with zero attached hydrogens (tertiary/aromatic N) is 3. The minimum Gasteiger partial charge on any atom is -0.377 e. The molecule has 7 aromatic carbocycles. The van der Waals surface area contributed by atoms with Gasteiger partial charge in [0.05, 0.1) is 11.0 Å². The summed E-state index contributed by atoms with van der Waals surface area (Å²) in [5.74, 6) is 0. The number of fused-ring (bicyclic) bond motifs is 9. The van der Waals surface area contributed by atoms with Crippen LogP contribution < -0.4 is 31.0 Å². The highest BCUT2D eigenvalue weighted by atomic mass is 28.3. The summed E-state index contributed by atoms with van der Waals surface area (Å²) >= 11 is 0. The van der Waals surface area contributed by atoms with E-state index in [9.17, 15) is 0 Å². The Morgan fingerprint density at radius 1 is 0.526 bits per heavy atom. The zero-order valence-electron chi connectivity index (χ0n) is 34.3. The van der Waals surface area contributed by atoms with Crippen molar-refractivity contribution in [2.75, 3.05) is 9.71 Å². The van der Waals surface area contributed by atoms with E-state index in [0.717, 1.165) is 17.1 Å². The van der Waals surface area contributed by atoms with Crippen molar-refractivity contribution in [3.63, 3.8) is 0 Å². The highest BCUT2D eigenvalue weighted by Gasteiger charge is 2.50. The summed E-state index contributed by atoms with van der Waals surface area (Å²) in [7, 11) is -2.07. The normalized spacial score (nSPS) is 14.7. The van der Waals surface area contributed by atoms with Gasteiger partial charge in [-0.3, -0.25) is 0 Å². The van der Waals surface area contributed by atoms with Gasteiger partial charge in [-0.2, -0.15) is 0 Å². The second-order valence-corrected chi connectivity index (χ2v) is 23.4. The molecule has 0 aliphatic carbocycles. The first-order chi connectivity index (χ1) is 27.3. The molecule has 0 fully saturated rings.